The third kappa shape index (κ3) is 1.99. The van der Waals surface area contributed by atoms with Gasteiger partial charge in [0.15, 0.2) is 0 Å². The van der Waals surface area contributed by atoms with E-state index in [2.05, 4.69) is 5.32 Å². The number of nitrogens with one attached hydrogen (secondary N) is 1. The molecule has 0 bridgehead atoms. The van der Waals surface area contributed by atoms with Crippen molar-refractivity contribution in [3.63, 3.8) is 0 Å². The van der Waals surface area contributed by atoms with Crippen molar-refractivity contribution in [2.24, 2.45) is 0 Å². The van der Waals surface area contributed by atoms with Crippen LogP contribution in [-0.2, 0) is 0 Å². The highest BCUT2D eigenvalue weighted by Crippen LogP contribution is 2.30. The number of rotatable bonds is 3. The summed E-state index contributed by atoms with van der Waals surface area (Å²) in [4.78, 5) is 0. The topological polar surface area (TPSA) is 25.2 Å². The summed E-state index contributed by atoms with van der Waals surface area (Å²) in [6.45, 7) is 2.00. The number of aryl methyl sites for hydroxylation is 1. The monoisotopic (exact) mass is 235 g/mol. The molecule has 84 valence electrons. The first-order valence-electron chi connectivity index (χ1n) is 5.19. The Morgan fingerprint density at radius 2 is 2.06 bits per heavy atom. The summed E-state index contributed by atoms with van der Waals surface area (Å²) in [7, 11) is 1.89. The molecular weight excluding hydrogens is 222 g/mol. The van der Waals surface area contributed by atoms with Crippen molar-refractivity contribution in [2.75, 3.05) is 7.05 Å². The molecule has 1 unspecified atom stereocenters. The smallest absolute Gasteiger partial charge is 0.125 e. The standard InChI is InChI=1S/C13H14ClNO/c1-9-5-3-6-10(12(9)14)13(15-2)11-7-4-8-16-11/h3-8,13,15H,1-2H3. The molecule has 0 fully saturated rings. The maximum absolute atomic E-state index is 6.30. The minimum atomic E-state index is 0.00222. The van der Waals surface area contributed by atoms with E-state index in [1.807, 2.05) is 44.3 Å². The molecule has 0 saturated heterocycles. The third-order valence-corrected chi connectivity index (χ3v) is 3.17. The Labute approximate surface area is 100 Å². The molecule has 0 spiro atoms. The molecule has 2 rings (SSSR count). The second kappa shape index (κ2) is 4.73. The van der Waals surface area contributed by atoms with Gasteiger partial charge in [0.25, 0.3) is 0 Å². The van der Waals surface area contributed by atoms with Gasteiger partial charge in [0, 0.05) is 5.02 Å². The lowest BCUT2D eigenvalue weighted by Crippen LogP contribution is -2.17. The van der Waals surface area contributed by atoms with Crippen LogP contribution in [0.25, 0.3) is 0 Å². The van der Waals surface area contributed by atoms with E-state index < -0.39 is 0 Å². The van der Waals surface area contributed by atoms with Crippen LogP contribution in [0.2, 0.25) is 5.02 Å². The molecule has 0 aliphatic rings. The van der Waals surface area contributed by atoms with E-state index >= 15 is 0 Å². The number of halogens is 1. The second-order valence-electron chi connectivity index (χ2n) is 3.72. The maximum Gasteiger partial charge on any atom is 0.125 e. The van der Waals surface area contributed by atoms with Crippen molar-refractivity contribution in [1.29, 1.82) is 0 Å². The van der Waals surface area contributed by atoms with Crippen LogP contribution in [0.4, 0.5) is 0 Å². The van der Waals surface area contributed by atoms with Gasteiger partial charge in [0.05, 0.1) is 12.3 Å². The maximum atomic E-state index is 6.30. The molecule has 3 heteroatoms. The SMILES string of the molecule is CNC(c1ccco1)c1cccc(C)c1Cl. The number of benzene rings is 1. The first kappa shape index (κ1) is 11.2. The summed E-state index contributed by atoms with van der Waals surface area (Å²) in [5.41, 5.74) is 2.12. The summed E-state index contributed by atoms with van der Waals surface area (Å²) in [5, 5.41) is 4.00. The molecule has 0 radical (unpaired) electrons. The molecule has 1 atom stereocenters. The zero-order valence-electron chi connectivity index (χ0n) is 9.33. The van der Waals surface area contributed by atoms with Crippen LogP contribution < -0.4 is 5.32 Å². The van der Waals surface area contributed by atoms with Crippen molar-refractivity contribution in [2.45, 2.75) is 13.0 Å². The summed E-state index contributed by atoms with van der Waals surface area (Å²) >= 11 is 6.30. The van der Waals surface area contributed by atoms with E-state index in [1.54, 1.807) is 6.26 Å². The van der Waals surface area contributed by atoms with Gasteiger partial charge in [0.1, 0.15) is 5.76 Å². The van der Waals surface area contributed by atoms with Gasteiger partial charge in [-0.1, -0.05) is 29.8 Å². The van der Waals surface area contributed by atoms with Crippen LogP contribution in [0, 0.1) is 6.92 Å². The number of furan rings is 1. The van der Waals surface area contributed by atoms with E-state index in [9.17, 15) is 0 Å². The van der Waals surface area contributed by atoms with E-state index in [0.29, 0.717) is 0 Å². The van der Waals surface area contributed by atoms with Crippen LogP contribution in [0.3, 0.4) is 0 Å². The van der Waals surface area contributed by atoms with Gasteiger partial charge in [-0.05, 0) is 37.2 Å². The van der Waals surface area contributed by atoms with E-state index in [4.69, 9.17) is 16.0 Å². The summed E-state index contributed by atoms with van der Waals surface area (Å²) in [6.07, 6.45) is 1.67. The quantitative estimate of drug-likeness (QED) is 0.880. The molecule has 1 N–H and O–H groups in total. The Morgan fingerprint density at radius 1 is 1.25 bits per heavy atom. The first-order valence-corrected chi connectivity index (χ1v) is 5.57. The molecule has 0 amide bonds. The molecule has 2 aromatic rings. The van der Waals surface area contributed by atoms with Crippen LogP contribution in [0.15, 0.2) is 41.0 Å². The Morgan fingerprint density at radius 3 is 2.69 bits per heavy atom. The molecule has 1 aromatic heterocycles. The number of hydrogen-bond donors (Lipinski definition) is 1. The third-order valence-electron chi connectivity index (χ3n) is 2.65. The second-order valence-corrected chi connectivity index (χ2v) is 4.09. The molecular formula is C13H14ClNO. The minimum absolute atomic E-state index is 0.00222. The first-order chi connectivity index (χ1) is 7.74. The van der Waals surface area contributed by atoms with Gasteiger partial charge in [-0.15, -0.1) is 0 Å². The van der Waals surface area contributed by atoms with Crippen LogP contribution in [0.1, 0.15) is 22.9 Å². The van der Waals surface area contributed by atoms with E-state index in [0.717, 1.165) is 21.9 Å². The fourth-order valence-electron chi connectivity index (χ4n) is 1.80. The van der Waals surface area contributed by atoms with Gasteiger partial charge in [-0.2, -0.15) is 0 Å². The lowest BCUT2D eigenvalue weighted by atomic mass is 10.0. The molecule has 1 heterocycles. The van der Waals surface area contributed by atoms with Gasteiger partial charge in [-0.25, -0.2) is 0 Å². The highest BCUT2D eigenvalue weighted by molar-refractivity contribution is 6.32. The van der Waals surface area contributed by atoms with Crippen LogP contribution >= 0.6 is 11.6 Å². The molecule has 16 heavy (non-hydrogen) atoms. The summed E-state index contributed by atoms with van der Waals surface area (Å²) in [6, 6.07) is 9.84. The van der Waals surface area contributed by atoms with Crippen molar-refractivity contribution in [1.82, 2.24) is 5.32 Å². The molecule has 0 saturated carbocycles. The van der Waals surface area contributed by atoms with Gasteiger partial charge >= 0.3 is 0 Å². The molecule has 0 aliphatic carbocycles. The average molecular weight is 236 g/mol. The van der Waals surface area contributed by atoms with Crippen molar-refractivity contribution < 1.29 is 4.42 Å². The summed E-state index contributed by atoms with van der Waals surface area (Å²) in [5.74, 6) is 0.870. The van der Waals surface area contributed by atoms with Crippen molar-refractivity contribution in [3.8, 4) is 0 Å². The van der Waals surface area contributed by atoms with Crippen LogP contribution in [-0.4, -0.2) is 7.05 Å². The van der Waals surface area contributed by atoms with Crippen LogP contribution in [0.5, 0.6) is 0 Å². The Bertz CT molecular complexity index is 465. The van der Waals surface area contributed by atoms with Gasteiger partial charge < -0.3 is 9.73 Å². The Hall–Kier alpha value is -1.25. The normalized spacial score (nSPS) is 12.7. The predicted molar refractivity (Wildman–Crippen MR) is 65.8 cm³/mol. The molecule has 2 nitrogen and oxygen atoms in total. The van der Waals surface area contributed by atoms with Gasteiger partial charge in [0.2, 0.25) is 0 Å². The minimum Gasteiger partial charge on any atom is -0.467 e. The van der Waals surface area contributed by atoms with E-state index in [-0.39, 0.29) is 6.04 Å². The molecule has 1 aromatic carbocycles. The lowest BCUT2D eigenvalue weighted by Gasteiger charge is -2.16. The lowest BCUT2D eigenvalue weighted by molar-refractivity contribution is 0.463. The average Bonchev–Trinajstić information content (AvgIpc) is 2.79. The highest BCUT2D eigenvalue weighted by atomic mass is 35.5. The fourth-order valence-corrected chi connectivity index (χ4v) is 2.03. The van der Waals surface area contributed by atoms with Crippen molar-refractivity contribution in [3.05, 3.63) is 58.5 Å². The zero-order chi connectivity index (χ0) is 11.5. The highest BCUT2D eigenvalue weighted by Gasteiger charge is 2.17. The van der Waals surface area contributed by atoms with Crippen molar-refractivity contribution >= 4 is 11.6 Å². The van der Waals surface area contributed by atoms with Gasteiger partial charge in [-0.3, -0.25) is 0 Å². The predicted octanol–water partition coefficient (Wildman–Crippen LogP) is 3.55. The fraction of sp³-hybridized carbons (Fsp3) is 0.231. The zero-order valence-corrected chi connectivity index (χ0v) is 10.1. The molecule has 0 aliphatic heterocycles. The Kier molecular flexibility index (Phi) is 3.32. The summed E-state index contributed by atoms with van der Waals surface area (Å²) < 4.78 is 5.41. The largest absolute Gasteiger partial charge is 0.467 e. The number of hydrogen-bond acceptors (Lipinski definition) is 2. The Balaban J connectivity index is 2.45. The van der Waals surface area contributed by atoms with E-state index in [1.165, 1.54) is 0 Å².